The normalized spacial score (nSPS) is 11.9. The maximum absolute atomic E-state index is 11.3. The van der Waals surface area contributed by atoms with Crippen LogP contribution in [0, 0.1) is 0 Å². The SMILES string of the molecule is CN[C@@H](Cc1ccc(CNC(C)=O)cc1)C(C)=O. The Balaban J connectivity index is 2.59. The number of ketones is 1. The van der Waals surface area contributed by atoms with Crippen LogP contribution >= 0.6 is 0 Å². The lowest BCUT2D eigenvalue weighted by Crippen LogP contribution is -2.34. The first-order valence-corrected chi connectivity index (χ1v) is 6.03. The molecule has 0 radical (unpaired) electrons. The van der Waals surface area contributed by atoms with Gasteiger partial charge in [0.25, 0.3) is 0 Å². The fourth-order valence-corrected chi connectivity index (χ4v) is 1.70. The van der Waals surface area contributed by atoms with Crippen molar-refractivity contribution in [2.75, 3.05) is 7.05 Å². The lowest BCUT2D eigenvalue weighted by atomic mass is 10.0. The second kappa shape index (κ2) is 6.91. The minimum absolute atomic E-state index is 0.0362. The Morgan fingerprint density at radius 3 is 2.11 bits per heavy atom. The van der Waals surface area contributed by atoms with E-state index in [0.29, 0.717) is 13.0 Å². The van der Waals surface area contributed by atoms with Crippen LogP contribution in [0.1, 0.15) is 25.0 Å². The molecule has 0 unspecified atom stereocenters. The zero-order valence-electron chi connectivity index (χ0n) is 11.1. The van der Waals surface area contributed by atoms with Gasteiger partial charge in [-0.3, -0.25) is 9.59 Å². The smallest absolute Gasteiger partial charge is 0.217 e. The molecular weight excluding hydrogens is 228 g/mol. The molecule has 0 spiro atoms. The van der Waals surface area contributed by atoms with E-state index in [-0.39, 0.29) is 17.7 Å². The van der Waals surface area contributed by atoms with Crippen LogP contribution in [0.2, 0.25) is 0 Å². The summed E-state index contributed by atoms with van der Waals surface area (Å²) >= 11 is 0. The average Bonchev–Trinajstić information content (AvgIpc) is 2.34. The third kappa shape index (κ3) is 4.67. The van der Waals surface area contributed by atoms with E-state index in [4.69, 9.17) is 0 Å². The molecule has 2 N–H and O–H groups in total. The molecule has 1 aromatic carbocycles. The number of benzene rings is 1. The van der Waals surface area contributed by atoms with E-state index < -0.39 is 0 Å². The summed E-state index contributed by atoms with van der Waals surface area (Å²) in [6.07, 6.45) is 0.687. The van der Waals surface area contributed by atoms with Gasteiger partial charge in [0.2, 0.25) is 5.91 Å². The quantitative estimate of drug-likeness (QED) is 0.791. The fraction of sp³-hybridized carbons (Fsp3) is 0.429. The minimum atomic E-state index is -0.133. The highest BCUT2D eigenvalue weighted by molar-refractivity contribution is 5.81. The molecule has 1 amide bonds. The van der Waals surface area contributed by atoms with Gasteiger partial charge in [-0.1, -0.05) is 24.3 Å². The second-order valence-electron chi connectivity index (χ2n) is 4.38. The number of amides is 1. The van der Waals surface area contributed by atoms with Crippen LogP contribution in [-0.2, 0) is 22.6 Å². The molecule has 1 rings (SSSR count). The molecule has 18 heavy (non-hydrogen) atoms. The average molecular weight is 248 g/mol. The Kier molecular flexibility index (Phi) is 5.52. The number of nitrogens with one attached hydrogen (secondary N) is 2. The molecule has 0 aliphatic heterocycles. The van der Waals surface area contributed by atoms with Crippen LogP contribution in [-0.4, -0.2) is 24.8 Å². The molecule has 0 heterocycles. The maximum Gasteiger partial charge on any atom is 0.217 e. The van der Waals surface area contributed by atoms with E-state index in [1.54, 1.807) is 14.0 Å². The zero-order chi connectivity index (χ0) is 13.5. The summed E-state index contributed by atoms with van der Waals surface area (Å²) in [5.41, 5.74) is 2.16. The molecule has 0 aromatic heterocycles. The lowest BCUT2D eigenvalue weighted by Gasteiger charge is -2.13. The molecule has 0 bridgehead atoms. The third-order valence-electron chi connectivity index (χ3n) is 2.84. The molecule has 0 saturated carbocycles. The van der Waals surface area contributed by atoms with Crippen molar-refractivity contribution in [2.24, 2.45) is 0 Å². The lowest BCUT2D eigenvalue weighted by molar-refractivity contribution is -0.119. The van der Waals surface area contributed by atoms with Gasteiger partial charge < -0.3 is 10.6 Å². The van der Waals surface area contributed by atoms with Crippen LogP contribution in [0.15, 0.2) is 24.3 Å². The number of carbonyl (C=O) groups excluding carboxylic acids is 2. The van der Waals surface area contributed by atoms with Crippen molar-refractivity contribution in [3.05, 3.63) is 35.4 Å². The van der Waals surface area contributed by atoms with E-state index >= 15 is 0 Å². The first kappa shape index (κ1) is 14.4. The largest absolute Gasteiger partial charge is 0.352 e. The van der Waals surface area contributed by atoms with Crippen molar-refractivity contribution in [1.29, 1.82) is 0 Å². The summed E-state index contributed by atoms with van der Waals surface area (Å²) in [6.45, 7) is 3.63. The number of hydrogen-bond acceptors (Lipinski definition) is 3. The Labute approximate surface area is 108 Å². The Morgan fingerprint density at radius 2 is 1.67 bits per heavy atom. The molecule has 1 atom stereocenters. The Morgan fingerprint density at radius 1 is 1.11 bits per heavy atom. The molecule has 0 fully saturated rings. The van der Waals surface area contributed by atoms with E-state index in [0.717, 1.165) is 11.1 Å². The van der Waals surface area contributed by atoms with Crippen LogP contribution in [0.3, 0.4) is 0 Å². The highest BCUT2D eigenvalue weighted by Gasteiger charge is 2.11. The molecule has 0 saturated heterocycles. The van der Waals surface area contributed by atoms with Crippen molar-refractivity contribution in [1.82, 2.24) is 10.6 Å². The predicted molar refractivity (Wildman–Crippen MR) is 71.2 cm³/mol. The molecule has 98 valence electrons. The molecular formula is C14H20N2O2. The summed E-state index contributed by atoms with van der Waals surface area (Å²) in [7, 11) is 1.79. The minimum Gasteiger partial charge on any atom is -0.352 e. The Hall–Kier alpha value is -1.68. The van der Waals surface area contributed by atoms with Gasteiger partial charge in [0.15, 0.2) is 0 Å². The first-order valence-electron chi connectivity index (χ1n) is 6.03. The van der Waals surface area contributed by atoms with Gasteiger partial charge in [0.05, 0.1) is 6.04 Å². The summed E-state index contributed by atoms with van der Waals surface area (Å²) in [5.74, 6) is 0.103. The number of likely N-dealkylation sites (N-methyl/N-ethyl adjacent to an activating group) is 1. The van der Waals surface area contributed by atoms with Crippen LogP contribution in [0.5, 0.6) is 0 Å². The van der Waals surface area contributed by atoms with E-state index in [2.05, 4.69) is 10.6 Å². The molecule has 0 aliphatic rings. The zero-order valence-corrected chi connectivity index (χ0v) is 11.1. The van der Waals surface area contributed by atoms with Gasteiger partial charge >= 0.3 is 0 Å². The topological polar surface area (TPSA) is 58.2 Å². The number of hydrogen-bond donors (Lipinski definition) is 2. The van der Waals surface area contributed by atoms with Crippen LogP contribution in [0.25, 0.3) is 0 Å². The monoisotopic (exact) mass is 248 g/mol. The van der Waals surface area contributed by atoms with Gasteiger partial charge in [-0.25, -0.2) is 0 Å². The highest BCUT2D eigenvalue weighted by Crippen LogP contribution is 2.07. The molecule has 4 heteroatoms. The van der Waals surface area contributed by atoms with E-state index in [1.807, 2.05) is 24.3 Å². The molecule has 4 nitrogen and oxygen atoms in total. The third-order valence-corrected chi connectivity index (χ3v) is 2.84. The van der Waals surface area contributed by atoms with Gasteiger partial charge in [-0.15, -0.1) is 0 Å². The van der Waals surface area contributed by atoms with Crippen LogP contribution < -0.4 is 10.6 Å². The van der Waals surface area contributed by atoms with Crippen molar-refractivity contribution in [2.45, 2.75) is 32.9 Å². The summed E-state index contributed by atoms with van der Waals surface area (Å²) in [6, 6.07) is 7.79. The summed E-state index contributed by atoms with van der Waals surface area (Å²) in [4.78, 5) is 22.1. The maximum atomic E-state index is 11.3. The van der Waals surface area contributed by atoms with Crippen molar-refractivity contribution in [3.8, 4) is 0 Å². The van der Waals surface area contributed by atoms with E-state index in [1.165, 1.54) is 6.92 Å². The fourth-order valence-electron chi connectivity index (χ4n) is 1.70. The van der Waals surface area contributed by atoms with Crippen molar-refractivity contribution >= 4 is 11.7 Å². The standard InChI is InChI=1S/C14H20N2O2/c1-10(17)14(15-3)8-12-4-6-13(7-5-12)9-16-11(2)18/h4-7,14-15H,8-9H2,1-3H3,(H,16,18)/t14-/m0/s1. The Bertz CT molecular complexity index is 412. The summed E-state index contributed by atoms with van der Waals surface area (Å²) < 4.78 is 0. The van der Waals surface area contributed by atoms with Gasteiger partial charge in [0, 0.05) is 13.5 Å². The van der Waals surface area contributed by atoms with Gasteiger partial charge in [-0.05, 0) is 31.5 Å². The van der Waals surface area contributed by atoms with Crippen LogP contribution in [0.4, 0.5) is 0 Å². The highest BCUT2D eigenvalue weighted by atomic mass is 16.1. The van der Waals surface area contributed by atoms with Crippen molar-refractivity contribution in [3.63, 3.8) is 0 Å². The predicted octanol–water partition coefficient (Wildman–Crippen LogP) is 1.04. The molecule has 0 aliphatic carbocycles. The van der Waals surface area contributed by atoms with Gasteiger partial charge in [0.1, 0.15) is 5.78 Å². The number of rotatable bonds is 6. The summed E-state index contributed by atoms with van der Waals surface area (Å²) in [5, 5.41) is 5.74. The van der Waals surface area contributed by atoms with Crippen molar-refractivity contribution < 1.29 is 9.59 Å². The van der Waals surface area contributed by atoms with Gasteiger partial charge in [-0.2, -0.15) is 0 Å². The second-order valence-corrected chi connectivity index (χ2v) is 4.38. The number of carbonyl (C=O) groups is 2. The number of Topliss-reactive ketones (excluding diaryl/α,β-unsaturated/α-hetero) is 1. The van der Waals surface area contributed by atoms with E-state index in [9.17, 15) is 9.59 Å². The molecule has 1 aromatic rings. The first-order chi connectivity index (χ1) is 8.52.